The SMILES string of the molecule is FC(F)(F)c1cccc(-c2ccc(N3Cc4ccccc4C3)cc2)c1. The maximum Gasteiger partial charge on any atom is 0.416 e. The molecule has 0 aliphatic carbocycles. The summed E-state index contributed by atoms with van der Waals surface area (Å²) in [5.41, 5.74) is 4.46. The van der Waals surface area contributed by atoms with Crippen molar-refractivity contribution in [2.24, 2.45) is 0 Å². The Morgan fingerprint density at radius 1 is 0.680 bits per heavy atom. The first-order chi connectivity index (χ1) is 12.0. The van der Waals surface area contributed by atoms with Crippen LogP contribution in [0.2, 0.25) is 0 Å². The largest absolute Gasteiger partial charge is 0.416 e. The van der Waals surface area contributed by atoms with Crippen LogP contribution in [0.25, 0.3) is 11.1 Å². The lowest BCUT2D eigenvalue weighted by Gasteiger charge is -2.18. The minimum absolute atomic E-state index is 0.575. The van der Waals surface area contributed by atoms with E-state index in [0.717, 1.165) is 30.4 Å². The van der Waals surface area contributed by atoms with Crippen molar-refractivity contribution in [3.8, 4) is 11.1 Å². The Balaban J connectivity index is 1.57. The Hall–Kier alpha value is -2.75. The van der Waals surface area contributed by atoms with Crippen LogP contribution in [0.4, 0.5) is 18.9 Å². The lowest BCUT2D eigenvalue weighted by molar-refractivity contribution is -0.137. The van der Waals surface area contributed by atoms with Crippen molar-refractivity contribution in [1.29, 1.82) is 0 Å². The van der Waals surface area contributed by atoms with Crippen molar-refractivity contribution < 1.29 is 13.2 Å². The lowest BCUT2D eigenvalue weighted by atomic mass is 10.0. The standard InChI is InChI=1S/C21H16F3N/c22-21(23,24)19-7-3-6-16(12-19)15-8-10-20(11-9-15)25-13-17-4-1-2-5-18(17)14-25/h1-12H,13-14H2. The molecule has 0 N–H and O–H groups in total. The maximum atomic E-state index is 12.9. The summed E-state index contributed by atoms with van der Waals surface area (Å²) in [7, 11) is 0. The third kappa shape index (κ3) is 3.12. The fourth-order valence-corrected chi connectivity index (χ4v) is 3.26. The first kappa shape index (κ1) is 15.8. The Kier molecular flexibility index (Phi) is 3.75. The molecule has 0 amide bonds. The normalized spacial score (nSPS) is 13.8. The number of rotatable bonds is 2. The van der Waals surface area contributed by atoms with Gasteiger partial charge >= 0.3 is 6.18 Å². The van der Waals surface area contributed by atoms with Gasteiger partial charge in [0.1, 0.15) is 0 Å². The molecule has 25 heavy (non-hydrogen) atoms. The Labute approximate surface area is 144 Å². The molecular formula is C21H16F3N. The molecule has 3 aromatic rings. The van der Waals surface area contributed by atoms with Crippen LogP contribution in [-0.4, -0.2) is 0 Å². The molecule has 4 rings (SSSR count). The van der Waals surface area contributed by atoms with Gasteiger partial charge in [0.05, 0.1) is 5.56 Å². The van der Waals surface area contributed by atoms with Gasteiger partial charge in [-0.3, -0.25) is 0 Å². The summed E-state index contributed by atoms with van der Waals surface area (Å²) in [5, 5.41) is 0. The van der Waals surface area contributed by atoms with E-state index >= 15 is 0 Å². The predicted molar refractivity (Wildman–Crippen MR) is 93.2 cm³/mol. The minimum Gasteiger partial charge on any atom is -0.363 e. The first-order valence-electron chi connectivity index (χ1n) is 8.10. The number of hydrogen-bond donors (Lipinski definition) is 0. The molecule has 0 aromatic heterocycles. The molecule has 3 aromatic carbocycles. The number of nitrogens with zero attached hydrogens (tertiary/aromatic N) is 1. The molecule has 0 fully saturated rings. The fraction of sp³-hybridized carbons (Fsp3) is 0.143. The van der Waals surface area contributed by atoms with Gasteiger partial charge in [0, 0.05) is 18.8 Å². The highest BCUT2D eigenvalue weighted by Gasteiger charge is 2.30. The smallest absolute Gasteiger partial charge is 0.363 e. The zero-order valence-corrected chi connectivity index (χ0v) is 13.4. The Bertz CT molecular complexity index is 873. The van der Waals surface area contributed by atoms with E-state index in [0.29, 0.717) is 5.56 Å². The molecule has 1 nitrogen and oxygen atoms in total. The second-order valence-electron chi connectivity index (χ2n) is 6.25. The van der Waals surface area contributed by atoms with Gasteiger partial charge in [0.15, 0.2) is 0 Å². The number of alkyl halides is 3. The van der Waals surface area contributed by atoms with Gasteiger partial charge in [0.25, 0.3) is 0 Å². The van der Waals surface area contributed by atoms with E-state index in [1.54, 1.807) is 6.07 Å². The number of anilines is 1. The van der Waals surface area contributed by atoms with Crippen LogP contribution in [0, 0.1) is 0 Å². The van der Waals surface area contributed by atoms with E-state index in [1.807, 2.05) is 36.4 Å². The topological polar surface area (TPSA) is 3.24 Å². The molecule has 0 atom stereocenters. The number of benzene rings is 3. The van der Waals surface area contributed by atoms with Crippen LogP contribution in [0.3, 0.4) is 0 Å². The summed E-state index contributed by atoms with van der Waals surface area (Å²) >= 11 is 0. The average Bonchev–Trinajstić information content (AvgIpc) is 3.05. The van der Waals surface area contributed by atoms with E-state index in [-0.39, 0.29) is 0 Å². The first-order valence-corrected chi connectivity index (χ1v) is 8.10. The number of halogens is 3. The summed E-state index contributed by atoms with van der Waals surface area (Å²) in [5.74, 6) is 0. The van der Waals surface area contributed by atoms with E-state index in [9.17, 15) is 13.2 Å². The lowest BCUT2D eigenvalue weighted by Crippen LogP contribution is -2.14. The molecule has 1 aliphatic heterocycles. The van der Waals surface area contributed by atoms with E-state index in [2.05, 4.69) is 17.0 Å². The van der Waals surface area contributed by atoms with Crippen molar-refractivity contribution >= 4 is 5.69 Å². The van der Waals surface area contributed by atoms with E-state index < -0.39 is 11.7 Å². The molecule has 1 aliphatic rings. The van der Waals surface area contributed by atoms with Crippen LogP contribution >= 0.6 is 0 Å². The number of hydrogen-bond acceptors (Lipinski definition) is 1. The van der Waals surface area contributed by atoms with Crippen molar-refractivity contribution in [3.05, 3.63) is 89.5 Å². The number of fused-ring (bicyclic) bond motifs is 1. The van der Waals surface area contributed by atoms with E-state index in [4.69, 9.17) is 0 Å². The molecular weight excluding hydrogens is 323 g/mol. The molecule has 0 bridgehead atoms. The quantitative estimate of drug-likeness (QED) is 0.562. The van der Waals surface area contributed by atoms with Crippen molar-refractivity contribution in [3.63, 3.8) is 0 Å². The van der Waals surface area contributed by atoms with Crippen molar-refractivity contribution in [1.82, 2.24) is 0 Å². The molecule has 4 heteroatoms. The molecule has 0 unspecified atom stereocenters. The van der Waals surface area contributed by atoms with Crippen molar-refractivity contribution in [2.75, 3.05) is 4.90 Å². The monoisotopic (exact) mass is 339 g/mol. The summed E-state index contributed by atoms with van der Waals surface area (Å²) in [6.45, 7) is 1.72. The highest BCUT2D eigenvalue weighted by atomic mass is 19.4. The highest BCUT2D eigenvalue weighted by Crippen LogP contribution is 2.33. The summed E-state index contributed by atoms with van der Waals surface area (Å²) in [6, 6.07) is 21.5. The van der Waals surface area contributed by atoms with Crippen LogP contribution in [0.5, 0.6) is 0 Å². The van der Waals surface area contributed by atoms with Crippen LogP contribution in [-0.2, 0) is 19.3 Å². The average molecular weight is 339 g/mol. The summed E-state index contributed by atoms with van der Waals surface area (Å²) < 4.78 is 38.6. The third-order valence-corrected chi connectivity index (χ3v) is 4.60. The molecule has 0 saturated carbocycles. The molecule has 0 saturated heterocycles. The van der Waals surface area contributed by atoms with Crippen molar-refractivity contribution in [2.45, 2.75) is 19.3 Å². The second kappa shape index (κ2) is 5.96. The van der Waals surface area contributed by atoms with E-state index in [1.165, 1.54) is 23.3 Å². The zero-order chi connectivity index (χ0) is 17.4. The molecule has 0 radical (unpaired) electrons. The highest BCUT2D eigenvalue weighted by molar-refractivity contribution is 5.67. The predicted octanol–water partition coefficient (Wildman–Crippen LogP) is 5.89. The minimum atomic E-state index is -4.32. The van der Waals surface area contributed by atoms with Crippen LogP contribution in [0.1, 0.15) is 16.7 Å². The van der Waals surface area contributed by atoms with Gasteiger partial charge in [-0.1, -0.05) is 48.5 Å². The maximum absolute atomic E-state index is 12.9. The summed E-state index contributed by atoms with van der Waals surface area (Å²) in [4.78, 5) is 2.26. The van der Waals surface area contributed by atoms with Gasteiger partial charge in [0.2, 0.25) is 0 Å². The van der Waals surface area contributed by atoms with Gasteiger partial charge in [-0.15, -0.1) is 0 Å². The second-order valence-corrected chi connectivity index (χ2v) is 6.25. The summed E-state index contributed by atoms with van der Waals surface area (Å²) in [6.07, 6.45) is -4.32. The third-order valence-electron chi connectivity index (χ3n) is 4.60. The Morgan fingerprint density at radius 2 is 1.32 bits per heavy atom. The van der Waals surface area contributed by atoms with Crippen LogP contribution < -0.4 is 4.90 Å². The van der Waals surface area contributed by atoms with Crippen LogP contribution in [0.15, 0.2) is 72.8 Å². The van der Waals surface area contributed by atoms with Gasteiger partial charge in [-0.05, 0) is 46.5 Å². The van der Waals surface area contributed by atoms with Gasteiger partial charge < -0.3 is 4.90 Å². The molecule has 0 spiro atoms. The molecule has 1 heterocycles. The van der Waals surface area contributed by atoms with Gasteiger partial charge in [-0.2, -0.15) is 13.2 Å². The molecule has 126 valence electrons. The zero-order valence-electron chi connectivity index (χ0n) is 13.4. The fourth-order valence-electron chi connectivity index (χ4n) is 3.26. The Morgan fingerprint density at radius 3 is 1.92 bits per heavy atom. The van der Waals surface area contributed by atoms with Gasteiger partial charge in [-0.25, -0.2) is 0 Å².